The summed E-state index contributed by atoms with van der Waals surface area (Å²) in [6.07, 6.45) is 1.73. The number of aromatic nitrogens is 2. The number of hydrogen-bond donors (Lipinski definition) is 2. The Hall–Kier alpha value is -4.06. The number of anilines is 2. The number of hydrogen-bond acceptors (Lipinski definition) is 5. The summed E-state index contributed by atoms with van der Waals surface area (Å²) in [4.78, 5) is 32.5. The highest BCUT2D eigenvalue weighted by Gasteiger charge is 2.11. The maximum atomic E-state index is 12.4. The van der Waals surface area contributed by atoms with Crippen LogP contribution in [0.4, 0.5) is 11.5 Å². The van der Waals surface area contributed by atoms with Gasteiger partial charge in [0.05, 0.1) is 11.1 Å². The molecule has 0 saturated heterocycles. The molecule has 0 aliphatic carbocycles. The number of nitrogens with zero attached hydrogens (tertiary/aromatic N) is 2. The number of nitrogens with two attached hydrogens (primary N) is 1. The number of carbonyl (C=O) groups excluding carboxylic acids is 2. The number of rotatable bonds is 6. The van der Waals surface area contributed by atoms with Crippen molar-refractivity contribution in [1.82, 2.24) is 9.97 Å². The lowest BCUT2D eigenvalue weighted by atomic mass is 10.0. The number of Topliss-reactive ketones (excluding diaryl/α,β-unsaturated/α-hetero) is 1. The third kappa shape index (κ3) is 3.96. The van der Waals surface area contributed by atoms with E-state index in [0.29, 0.717) is 34.3 Å². The normalized spacial score (nSPS) is 10.6. The highest BCUT2D eigenvalue weighted by molar-refractivity contribution is 6.07. The fourth-order valence-electron chi connectivity index (χ4n) is 3.14. The predicted octanol–water partition coefficient (Wildman–Crippen LogP) is 3.90. The van der Waals surface area contributed by atoms with Crippen molar-refractivity contribution in [3.8, 4) is 0 Å². The van der Waals surface area contributed by atoms with E-state index in [1.807, 2.05) is 60.7 Å². The molecule has 6 heteroatoms. The molecule has 3 N–H and O–H groups in total. The van der Waals surface area contributed by atoms with Crippen LogP contribution in [0.2, 0.25) is 0 Å². The monoisotopic (exact) mass is 382 g/mol. The lowest BCUT2D eigenvalue weighted by Crippen LogP contribution is -2.12. The summed E-state index contributed by atoms with van der Waals surface area (Å²) >= 11 is 0. The number of primary amides is 1. The van der Waals surface area contributed by atoms with E-state index in [1.54, 1.807) is 12.1 Å². The summed E-state index contributed by atoms with van der Waals surface area (Å²) < 4.78 is 0. The summed E-state index contributed by atoms with van der Waals surface area (Å²) in [5.74, 6) is 0.117. The summed E-state index contributed by atoms with van der Waals surface area (Å²) in [7, 11) is 0. The van der Waals surface area contributed by atoms with Crippen LogP contribution in [0.1, 0.15) is 26.3 Å². The summed E-state index contributed by atoms with van der Waals surface area (Å²) in [5, 5.41) is 3.94. The average Bonchev–Trinajstić information content (AvgIpc) is 2.75. The SMILES string of the molecule is NC(=O)c1cccc2c(Nc3ccc(CC(=O)c4ccccc4)cc3)ncnc12. The van der Waals surface area contributed by atoms with Crippen molar-refractivity contribution in [3.63, 3.8) is 0 Å². The van der Waals surface area contributed by atoms with Crippen molar-refractivity contribution in [2.24, 2.45) is 5.73 Å². The van der Waals surface area contributed by atoms with E-state index in [-0.39, 0.29) is 5.78 Å². The number of amides is 1. The molecule has 0 unspecified atom stereocenters. The molecular formula is C23H18N4O2. The van der Waals surface area contributed by atoms with E-state index < -0.39 is 5.91 Å². The van der Waals surface area contributed by atoms with Gasteiger partial charge in [0.2, 0.25) is 0 Å². The molecule has 0 fully saturated rings. The van der Waals surface area contributed by atoms with E-state index in [2.05, 4.69) is 15.3 Å². The Morgan fingerprint density at radius 2 is 1.62 bits per heavy atom. The minimum Gasteiger partial charge on any atom is -0.366 e. The lowest BCUT2D eigenvalue weighted by molar-refractivity contribution is 0.0988. The molecule has 4 rings (SSSR count). The summed E-state index contributed by atoms with van der Waals surface area (Å²) in [6, 6.07) is 22.0. The van der Waals surface area contributed by atoms with Crippen LogP contribution in [0.3, 0.4) is 0 Å². The third-order valence-corrected chi connectivity index (χ3v) is 4.61. The zero-order chi connectivity index (χ0) is 20.2. The van der Waals surface area contributed by atoms with Gasteiger partial charge in [-0.3, -0.25) is 9.59 Å². The molecule has 0 atom stereocenters. The second-order valence-corrected chi connectivity index (χ2v) is 6.58. The van der Waals surface area contributed by atoms with Crippen LogP contribution in [0.5, 0.6) is 0 Å². The average molecular weight is 382 g/mol. The number of carbonyl (C=O) groups is 2. The van der Waals surface area contributed by atoms with Crippen molar-refractivity contribution in [2.45, 2.75) is 6.42 Å². The number of benzene rings is 3. The van der Waals surface area contributed by atoms with Crippen LogP contribution in [0.15, 0.2) is 79.1 Å². The van der Waals surface area contributed by atoms with Crippen molar-refractivity contribution in [2.75, 3.05) is 5.32 Å². The Morgan fingerprint density at radius 1 is 0.862 bits per heavy atom. The third-order valence-electron chi connectivity index (χ3n) is 4.61. The van der Waals surface area contributed by atoms with Gasteiger partial charge in [-0.25, -0.2) is 9.97 Å². The zero-order valence-electron chi connectivity index (χ0n) is 15.5. The first-order chi connectivity index (χ1) is 14.1. The van der Waals surface area contributed by atoms with E-state index in [0.717, 1.165) is 11.3 Å². The first kappa shape index (κ1) is 18.3. The highest BCUT2D eigenvalue weighted by atomic mass is 16.1. The van der Waals surface area contributed by atoms with Gasteiger partial charge in [-0.2, -0.15) is 0 Å². The Balaban J connectivity index is 1.54. The van der Waals surface area contributed by atoms with Crippen LogP contribution >= 0.6 is 0 Å². The van der Waals surface area contributed by atoms with Crippen LogP contribution in [-0.2, 0) is 6.42 Å². The maximum absolute atomic E-state index is 12.4. The van der Waals surface area contributed by atoms with E-state index in [4.69, 9.17) is 5.73 Å². The molecule has 0 bridgehead atoms. The number of ketones is 1. The summed E-state index contributed by atoms with van der Waals surface area (Å²) in [6.45, 7) is 0. The molecule has 3 aromatic carbocycles. The minimum atomic E-state index is -0.535. The molecule has 29 heavy (non-hydrogen) atoms. The maximum Gasteiger partial charge on any atom is 0.250 e. The van der Waals surface area contributed by atoms with Crippen LogP contribution in [0.25, 0.3) is 10.9 Å². The van der Waals surface area contributed by atoms with Gasteiger partial charge in [-0.1, -0.05) is 48.5 Å². The van der Waals surface area contributed by atoms with Gasteiger partial charge in [-0.05, 0) is 29.8 Å². The quantitative estimate of drug-likeness (QED) is 0.493. The Kier molecular flexibility index (Phi) is 4.99. The first-order valence-electron chi connectivity index (χ1n) is 9.09. The molecule has 0 aliphatic heterocycles. The highest BCUT2D eigenvalue weighted by Crippen LogP contribution is 2.25. The molecule has 142 valence electrons. The Labute approximate surface area is 167 Å². The fourth-order valence-corrected chi connectivity index (χ4v) is 3.14. The van der Waals surface area contributed by atoms with Crippen LogP contribution in [-0.4, -0.2) is 21.7 Å². The Bertz CT molecular complexity index is 1190. The standard InChI is InChI=1S/C23H18N4O2/c24-22(29)18-7-4-8-19-21(18)25-14-26-23(19)27-17-11-9-15(10-12-17)13-20(28)16-5-2-1-3-6-16/h1-12,14H,13H2,(H2,24,29)(H,25,26,27). The number of fused-ring (bicyclic) bond motifs is 1. The molecular weight excluding hydrogens is 364 g/mol. The van der Waals surface area contributed by atoms with Gasteiger partial charge in [0.25, 0.3) is 5.91 Å². The van der Waals surface area contributed by atoms with Crippen molar-refractivity contribution in [3.05, 3.63) is 95.8 Å². The summed E-state index contributed by atoms with van der Waals surface area (Å²) in [5.41, 5.74) is 8.72. The molecule has 6 nitrogen and oxygen atoms in total. The van der Waals surface area contributed by atoms with E-state index in [9.17, 15) is 9.59 Å². The zero-order valence-corrected chi connectivity index (χ0v) is 15.5. The molecule has 1 aromatic heterocycles. The second-order valence-electron chi connectivity index (χ2n) is 6.58. The molecule has 1 heterocycles. The van der Waals surface area contributed by atoms with E-state index >= 15 is 0 Å². The fraction of sp³-hybridized carbons (Fsp3) is 0.0435. The molecule has 0 aliphatic rings. The lowest BCUT2D eigenvalue weighted by Gasteiger charge is -2.10. The van der Waals surface area contributed by atoms with Crippen LogP contribution < -0.4 is 11.1 Å². The van der Waals surface area contributed by atoms with Gasteiger partial charge in [0.15, 0.2) is 5.78 Å². The van der Waals surface area contributed by atoms with Crippen molar-refractivity contribution in [1.29, 1.82) is 0 Å². The van der Waals surface area contributed by atoms with Gasteiger partial charge in [0, 0.05) is 23.1 Å². The second kappa shape index (κ2) is 7.90. The number of para-hydroxylation sites is 1. The van der Waals surface area contributed by atoms with Gasteiger partial charge in [-0.15, -0.1) is 0 Å². The van der Waals surface area contributed by atoms with Gasteiger partial charge in [0.1, 0.15) is 12.1 Å². The largest absolute Gasteiger partial charge is 0.366 e. The van der Waals surface area contributed by atoms with Gasteiger partial charge >= 0.3 is 0 Å². The Morgan fingerprint density at radius 3 is 2.34 bits per heavy atom. The van der Waals surface area contributed by atoms with Gasteiger partial charge < -0.3 is 11.1 Å². The van der Waals surface area contributed by atoms with E-state index in [1.165, 1.54) is 6.33 Å². The smallest absolute Gasteiger partial charge is 0.250 e. The molecule has 1 amide bonds. The minimum absolute atomic E-state index is 0.0760. The molecule has 0 saturated carbocycles. The first-order valence-corrected chi connectivity index (χ1v) is 9.09. The molecule has 0 spiro atoms. The molecule has 4 aromatic rings. The van der Waals surface area contributed by atoms with Crippen LogP contribution in [0, 0.1) is 0 Å². The molecule has 0 radical (unpaired) electrons. The van der Waals surface area contributed by atoms with Crippen molar-refractivity contribution >= 4 is 34.1 Å². The van der Waals surface area contributed by atoms with Crippen molar-refractivity contribution < 1.29 is 9.59 Å². The number of nitrogens with one attached hydrogen (secondary N) is 1. The predicted molar refractivity (Wildman–Crippen MR) is 112 cm³/mol. The topological polar surface area (TPSA) is 98.0 Å².